The van der Waals surface area contributed by atoms with Crippen LogP contribution in [0.4, 0.5) is 5.69 Å². The lowest BCUT2D eigenvalue weighted by atomic mass is 10.1. The van der Waals surface area contributed by atoms with Crippen molar-refractivity contribution in [2.75, 3.05) is 5.32 Å². The van der Waals surface area contributed by atoms with Gasteiger partial charge in [-0.3, -0.25) is 14.3 Å². The van der Waals surface area contributed by atoms with Crippen molar-refractivity contribution >= 4 is 17.5 Å². The third kappa shape index (κ3) is 4.09. The molecule has 3 aromatic rings. The van der Waals surface area contributed by atoms with Crippen LogP contribution in [0.5, 0.6) is 0 Å². The highest BCUT2D eigenvalue weighted by molar-refractivity contribution is 6.39. The average molecular weight is 354 g/mol. The fourth-order valence-electron chi connectivity index (χ4n) is 2.37. The van der Waals surface area contributed by atoms with E-state index in [1.54, 1.807) is 36.1 Å². The number of aryl methyl sites for hydroxylation is 1. The van der Waals surface area contributed by atoms with Crippen LogP contribution in [0.15, 0.2) is 43.0 Å². The zero-order valence-corrected chi connectivity index (χ0v) is 14.3. The van der Waals surface area contributed by atoms with E-state index in [4.69, 9.17) is 0 Å². The standard InChI is InChI=1S/C16H18N8O2/c1-11-4-5-13(24-10-17-21-22-24)8-14(11)20-16(26)15(25)19-12(2)9-23-7-3-6-18-23/h3-8,10,12H,9H2,1-2H3,(H,19,25)(H,20,26). The van der Waals surface area contributed by atoms with Crippen LogP contribution >= 0.6 is 0 Å². The quantitative estimate of drug-likeness (QED) is 0.637. The van der Waals surface area contributed by atoms with Crippen LogP contribution in [0.1, 0.15) is 12.5 Å². The van der Waals surface area contributed by atoms with Crippen LogP contribution in [0.25, 0.3) is 5.69 Å². The van der Waals surface area contributed by atoms with Crippen molar-refractivity contribution in [2.24, 2.45) is 0 Å². The number of aromatic nitrogens is 6. The predicted molar refractivity (Wildman–Crippen MR) is 92.4 cm³/mol. The summed E-state index contributed by atoms with van der Waals surface area (Å²) in [6, 6.07) is 6.87. The van der Waals surface area contributed by atoms with Crippen LogP contribution in [0, 0.1) is 6.92 Å². The van der Waals surface area contributed by atoms with Crippen LogP contribution < -0.4 is 10.6 Å². The number of hydrogen-bond acceptors (Lipinski definition) is 6. The molecule has 2 N–H and O–H groups in total. The Morgan fingerprint density at radius 1 is 1.27 bits per heavy atom. The van der Waals surface area contributed by atoms with Gasteiger partial charge in [0.1, 0.15) is 6.33 Å². The van der Waals surface area contributed by atoms with Crippen molar-refractivity contribution in [3.05, 3.63) is 48.5 Å². The Bertz CT molecular complexity index is 889. The lowest BCUT2D eigenvalue weighted by Crippen LogP contribution is -2.42. The molecule has 134 valence electrons. The summed E-state index contributed by atoms with van der Waals surface area (Å²) in [4.78, 5) is 24.3. The highest BCUT2D eigenvalue weighted by atomic mass is 16.2. The van der Waals surface area contributed by atoms with Gasteiger partial charge in [-0.15, -0.1) is 5.10 Å². The molecule has 1 atom stereocenters. The molecule has 0 saturated heterocycles. The minimum absolute atomic E-state index is 0.248. The normalized spacial score (nSPS) is 11.8. The number of amides is 2. The minimum Gasteiger partial charge on any atom is -0.344 e. The van der Waals surface area contributed by atoms with Gasteiger partial charge in [0.25, 0.3) is 0 Å². The topological polar surface area (TPSA) is 120 Å². The smallest absolute Gasteiger partial charge is 0.313 e. The molecular formula is C16H18N8O2. The van der Waals surface area contributed by atoms with Gasteiger partial charge in [0.15, 0.2) is 0 Å². The Labute approximate surface area is 149 Å². The summed E-state index contributed by atoms with van der Waals surface area (Å²) in [5.41, 5.74) is 1.99. The largest absolute Gasteiger partial charge is 0.344 e. The van der Waals surface area contributed by atoms with Gasteiger partial charge in [-0.05, 0) is 48.0 Å². The molecule has 0 fully saturated rings. The number of anilines is 1. The van der Waals surface area contributed by atoms with Crippen LogP contribution in [0.3, 0.4) is 0 Å². The van der Waals surface area contributed by atoms with E-state index in [1.807, 2.05) is 19.1 Å². The van der Waals surface area contributed by atoms with Crippen LogP contribution in [-0.2, 0) is 16.1 Å². The predicted octanol–water partition coefficient (Wildman–Crippen LogP) is 0.311. The molecule has 0 aliphatic heterocycles. The van der Waals surface area contributed by atoms with Gasteiger partial charge >= 0.3 is 11.8 Å². The molecule has 2 heterocycles. The molecule has 26 heavy (non-hydrogen) atoms. The molecule has 0 bridgehead atoms. The van der Waals surface area contributed by atoms with Crippen molar-refractivity contribution < 1.29 is 9.59 Å². The van der Waals surface area contributed by atoms with E-state index in [0.29, 0.717) is 17.9 Å². The highest BCUT2D eigenvalue weighted by Gasteiger charge is 2.17. The number of carbonyl (C=O) groups excluding carboxylic acids is 2. The lowest BCUT2D eigenvalue weighted by molar-refractivity contribution is -0.136. The summed E-state index contributed by atoms with van der Waals surface area (Å²) in [7, 11) is 0. The average Bonchev–Trinajstić information content (AvgIpc) is 3.30. The van der Waals surface area contributed by atoms with Gasteiger partial charge in [0.05, 0.1) is 12.2 Å². The monoisotopic (exact) mass is 354 g/mol. The maximum atomic E-state index is 12.2. The van der Waals surface area contributed by atoms with Gasteiger partial charge in [-0.25, -0.2) is 4.68 Å². The number of hydrogen-bond donors (Lipinski definition) is 2. The first-order valence-electron chi connectivity index (χ1n) is 7.96. The Balaban J connectivity index is 1.63. The van der Waals surface area contributed by atoms with Crippen molar-refractivity contribution in [3.8, 4) is 5.69 Å². The number of tetrazole rings is 1. The minimum atomic E-state index is -0.741. The molecule has 1 aromatic carbocycles. The lowest BCUT2D eigenvalue weighted by Gasteiger charge is -2.14. The third-order valence-corrected chi connectivity index (χ3v) is 3.69. The van der Waals surface area contributed by atoms with E-state index >= 15 is 0 Å². The second-order valence-corrected chi connectivity index (χ2v) is 5.81. The number of carbonyl (C=O) groups is 2. The second kappa shape index (κ2) is 7.55. The third-order valence-electron chi connectivity index (χ3n) is 3.69. The Morgan fingerprint density at radius 3 is 2.81 bits per heavy atom. The summed E-state index contributed by atoms with van der Waals surface area (Å²) < 4.78 is 3.14. The maximum Gasteiger partial charge on any atom is 0.313 e. The summed E-state index contributed by atoms with van der Waals surface area (Å²) >= 11 is 0. The Hall–Kier alpha value is -3.56. The van der Waals surface area contributed by atoms with Gasteiger partial charge in [-0.1, -0.05) is 6.07 Å². The Kier molecular flexibility index (Phi) is 5.02. The molecule has 0 aliphatic rings. The summed E-state index contributed by atoms with van der Waals surface area (Å²) in [5, 5.41) is 20.3. The van der Waals surface area contributed by atoms with E-state index in [1.165, 1.54) is 11.0 Å². The summed E-state index contributed by atoms with van der Waals surface area (Å²) in [6.45, 7) is 4.10. The number of benzene rings is 1. The molecule has 0 saturated carbocycles. The summed E-state index contributed by atoms with van der Waals surface area (Å²) in [6.07, 6.45) is 4.89. The molecule has 0 aliphatic carbocycles. The molecule has 2 amide bonds. The fraction of sp³-hybridized carbons (Fsp3) is 0.250. The second-order valence-electron chi connectivity index (χ2n) is 5.81. The first-order valence-corrected chi connectivity index (χ1v) is 7.96. The van der Waals surface area contributed by atoms with Gasteiger partial charge < -0.3 is 10.6 Å². The number of rotatable bonds is 5. The zero-order chi connectivity index (χ0) is 18.5. The van der Waals surface area contributed by atoms with E-state index < -0.39 is 11.8 Å². The van der Waals surface area contributed by atoms with Gasteiger partial charge in [-0.2, -0.15) is 5.10 Å². The van der Waals surface area contributed by atoms with E-state index in [0.717, 1.165) is 5.56 Å². The molecule has 10 nitrogen and oxygen atoms in total. The number of nitrogens with zero attached hydrogens (tertiary/aromatic N) is 6. The molecule has 1 unspecified atom stereocenters. The van der Waals surface area contributed by atoms with Crippen molar-refractivity contribution in [2.45, 2.75) is 26.4 Å². The molecule has 3 rings (SSSR count). The maximum absolute atomic E-state index is 12.2. The first kappa shape index (κ1) is 17.3. The SMILES string of the molecule is Cc1ccc(-n2cnnn2)cc1NC(=O)C(=O)NC(C)Cn1cccn1. The highest BCUT2D eigenvalue weighted by Crippen LogP contribution is 2.18. The van der Waals surface area contributed by atoms with Crippen molar-refractivity contribution in [1.82, 2.24) is 35.3 Å². The molecule has 2 aromatic heterocycles. The van der Waals surface area contributed by atoms with E-state index in [-0.39, 0.29) is 6.04 Å². The molecule has 0 spiro atoms. The summed E-state index contributed by atoms with van der Waals surface area (Å²) in [5.74, 6) is -1.45. The van der Waals surface area contributed by atoms with E-state index in [2.05, 4.69) is 31.3 Å². The van der Waals surface area contributed by atoms with Crippen LogP contribution in [-0.4, -0.2) is 47.8 Å². The molecule has 0 radical (unpaired) electrons. The zero-order valence-electron chi connectivity index (χ0n) is 14.3. The van der Waals surface area contributed by atoms with Crippen molar-refractivity contribution in [3.63, 3.8) is 0 Å². The van der Waals surface area contributed by atoms with Gasteiger partial charge in [0.2, 0.25) is 0 Å². The Morgan fingerprint density at radius 2 is 2.12 bits per heavy atom. The molecule has 10 heteroatoms. The molecular weight excluding hydrogens is 336 g/mol. The fourth-order valence-corrected chi connectivity index (χ4v) is 2.37. The number of nitrogens with one attached hydrogen (secondary N) is 2. The van der Waals surface area contributed by atoms with Gasteiger partial charge in [0, 0.05) is 24.1 Å². The van der Waals surface area contributed by atoms with Crippen molar-refractivity contribution in [1.29, 1.82) is 0 Å². The van der Waals surface area contributed by atoms with E-state index in [9.17, 15) is 9.59 Å². The van der Waals surface area contributed by atoms with Crippen LogP contribution in [0.2, 0.25) is 0 Å². The first-order chi connectivity index (χ1) is 12.5.